The normalized spacial score (nSPS) is 11.9. The predicted molar refractivity (Wildman–Crippen MR) is 209 cm³/mol. The van der Waals surface area contributed by atoms with Crippen LogP contribution in [0.3, 0.4) is 0 Å². The molecule has 4 aromatic heterocycles. The number of fused-ring (bicyclic) bond motifs is 9. The molecule has 238 valence electrons. The summed E-state index contributed by atoms with van der Waals surface area (Å²) in [5.74, 6) is 1.93. The van der Waals surface area contributed by atoms with E-state index in [1.54, 1.807) is 11.3 Å². The van der Waals surface area contributed by atoms with Crippen molar-refractivity contribution in [1.82, 2.24) is 15.0 Å². The highest BCUT2D eigenvalue weighted by Crippen LogP contribution is 2.42. The summed E-state index contributed by atoms with van der Waals surface area (Å²) in [4.78, 5) is 15.2. The average molecular weight is 672 g/mol. The Balaban J connectivity index is 1.06. The summed E-state index contributed by atoms with van der Waals surface area (Å²) in [6.45, 7) is 0. The van der Waals surface area contributed by atoms with Crippen LogP contribution in [-0.4, -0.2) is 15.0 Å². The van der Waals surface area contributed by atoms with Gasteiger partial charge in [0.05, 0.1) is 0 Å². The van der Waals surface area contributed by atoms with Crippen molar-refractivity contribution in [3.63, 3.8) is 0 Å². The third kappa shape index (κ3) is 4.43. The van der Waals surface area contributed by atoms with Crippen LogP contribution in [0.2, 0.25) is 0 Å². The molecule has 6 heteroatoms. The zero-order chi connectivity index (χ0) is 33.5. The summed E-state index contributed by atoms with van der Waals surface area (Å²) in [5.41, 5.74) is 8.39. The number of rotatable bonds is 4. The Kier molecular flexibility index (Phi) is 6.05. The van der Waals surface area contributed by atoms with Crippen molar-refractivity contribution >= 4 is 75.4 Å². The molecule has 0 unspecified atom stereocenters. The highest BCUT2D eigenvalue weighted by atomic mass is 32.1. The molecule has 0 saturated carbocycles. The Hall–Kier alpha value is -6.63. The highest BCUT2D eigenvalue weighted by Gasteiger charge is 2.19. The van der Waals surface area contributed by atoms with Crippen LogP contribution in [-0.2, 0) is 0 Å². The third-order valence-corrected chi connectivity index (χ3v) is 11.0. The first kappa shape index (κ1) is 28.2. The molecule has 0 N–H and O–H groups in total. The lowest BCUT2D eigenvalue weighted by atomic mass is 9.98. The molecule has 0 fully saturated rings. The maximum absolute atomic E-state index is 6.39. The second-order valence-electron chi connectivity index (χ2n) is 12.8. The number of benzene rings is 7. The Morgan fingerprint density at radius 2 is 0.980 bits per heavy atom. The Morgan fingerprint density at radius 1 is 0.373 bits per heavy atom. The molecule has 0 spiro atoms. The Bertz CT molecular complexity index is 3140. The second kappa shape index (κ2) is 10.9. The lowest BCUT2D eigenvalue weighted by Crippen LogP contribution is -2.00. The van der Waals surface area contributed by atoms with Gasteiger partial charge in [0.25, 0.3) is 0 Å². The van der Waals surface area contributed by atoms with Gasteiger partial charge >= 0.3 is 0 Å². The van der Waals surface area contributed by atoms with Gasteiger partial charge in [-0.15, -0.1) is 11.3 Å². The van der Waals surface area contributed by atoms with Gasteiger partial charge in [0.2, 0.25) is 0 Å². The van der Waals surface area contributed by atoms with Crippen molar-refractivity contribution in [3.05, 3.63) is 152 Å². The summed E-state index contributed by atoms with van der Waals surface area (Å²) in [6.07, 6.45) is 0. The van der Waals surface area contributed by atoms with Crippen LogP contribution >= 0.6 is 11.3 Å². The molecular formula is C45H25N3O2S. The molecule has 0 amide bonds. The molecule has 0 aliphatic heterocycles. The van der Waals surface area contributed by atoms with Crippen LogP contribution in [0.1, 0.15) is 0 Å². The average Bonchev–Trinajstić information content (AvgIpc) is 3.88. The van der Waals surface area contributed by atoms with Crippen LogP contribution in [0.4, 0.5) is 0 Å². The minimum Gasteiger partial charge on any atom is -0.456 e. The number of furan rings is 2. The summed E-state index contributed by atoms with van der Waals surface area (Å²) in [6, 6.07) is 52.2. The van der Waals surface area contributed by atoms with E-state index in [9.17, 15) is 0 Å². The fraction of sp³-hybridized carbons (Fsp3) is 0. The Morgan fingerprint density at radius 3 is 1.84 bits per heavy atom. The van der Waals surface area contributed by atoms with E-state index in [0.29, 0.717) is 17.5 Å². The molecule has 11 rings (SSSR count). The van der Waals surface area contributed by atoms with Crippen LogP contribution in [0.25, 0.3) is 109 Å². The molecule has 4 heterocycles. The van der Waals surface area contributed by atoms with E-state index in [1.807, 2.05) is 66.7 Å². The van der Waals surface area contributed by atoms with Crippen molar-refractivity contribution < 1.29 is 8.83 Å². The highest BCUT2D eigenvalue weighted by molar-refractivity contribution is 7.26. The van der Waals surface area contributed by atoms with Crippen molar-refractivity contribution in [2.45, 2.75) is 0 Å². The molecule has 51 heavy (non-hydrogen) atoms. The number of para-hydroxylation sites is 1. The van der Waals surface area contributed by atoms with Crippen LogP contribution in [0.15, 0.2) is 160 Å². The van der Waals surface area contributed by atoms with Crippen molar-refractivity contribution in [2.24, 2.45) is 0 Å². The zero-order valence-corrected chi connectivity index (χ0v) is 27.8. The first-order valence-electron chi connectivity index (χ1n) is 16.8. The molecule has 0 aliphatic rings. The molecular weight excluding hydrogens is 647 g/mol. The lowest BCUT2D eigenvalue weighted by Gasteiger charge is -2.10. The standard InChI is InChI=1S/C45H25N3O2S/c1-2-10-27(11-3-1)43-46-44(48-45(47-43)33-16-8-15-32-31-13-5-7-19-40(31)51-42(32)33)28-22-20-26(21-23-28)29-14-9-18-37-41(29)35-24-34-30-12-4-6-17-36(30)49-38(34)25-39(35)50-37/h1-25H. The van der Waals surface area contributed by atoms with E-state index in [1.165, 1.54) is 20.2 Å². The lowest BCUT2D eigenvalue weighted by molar-refractivity contribution is 0.656. The molecule has 0 aliphatic carbocycles. The maximum Gasteiger partial charge on any atom is 0.165 e. The minimum absolute atomic E-state index is 0.629. The van der Waals surface area contributed by atoms with E-state index >= 15 is 0 Å². The molecule has 0 bridgehead atoms. The molecule has 0 atom stereocenters. The summed E-state index contributed by atoms with van der Waals surface area (Å²) < 4.78 is 15.0. The van der Waals surface area contributed by atoms with E-state index in [2.05, 4.69) is 84.9 Å². The number of nitrogens with zero attached hydrogens (tertiary/aromatic N) is 3. The van der Waals surface area contributed by atoms with Gasteiger partial charge in [0.15, 0.2) is 17.5 Å². The van der Waals surface area contributed by atoms with Gasteiger partial charge < -0.3 is 8.83 Å². The van der Waals surface area contributed by atoms with E-state index in [4.69, 9.17) is 23.8 Å². The van der Waals surface area contributed by atoms with Crippen LogP contribution in [0, 0.1) is 0 Å². The summed E-state index contributed by atoms with van der Waals surface area (Å²) in [5, 5.41) is 6.78. The number of hydrogen-bond donors (Lipinski definition) is 0. The largest absolute Gasteiger partial charge is 0.456 e. The van der Waals surface area contributed by atoms with E-state index in [0.717, 1.165) is 71.7 Å². The maximum atomic E-state index is 6.39. The monoisotopic (exact) mass is 671 g/mol. The Labute approximate surface area is 295 Å². The van der Waals surface area contributed by atoms with Crippen molar-refractivity contribution in [2.75, 3.05) is 0 Å². The third-order valence-electron chi connectivity index (χ3n) is 9.76. The fourth-order valence-electron chi connectivity index (χ4n) is 7.35. The van der Waals surface area contributed by atoms with Gasteiger partial charge in [-0.25, -0.2) is 15.0 Å². The first-order valence-corrected chi connectivity index (χ1v) is 17.7. The summed E-state index contributed by atoms with van der Waals surface area (Å²) >= 11 is 1.78. The van der Waals surface area contributed by atoms with Gasteiger partial charge in [-0.2, -0.15) is 0 Å². The van der Waals surface area contributed by atoms with E-state index in [-0.39, 0.29) is 0 Å². The fourth-order valence-corrected chi connectivity index (χ4v) is 8.56. The zero-order valence-electron chi connectivity index (χ0n) is 27.0. The number of thiophene rings is 1. The van der Waals surface area contributed by atoms with E-state index < -0.39 is 0 Å². The van der Waals surface area contributed by atoms with Crippen LogP contribution < -0.4 is 0 Å². The van der Waals surface area contributed by atoms with Gasteiger partial charge in [0.1, 0.15) is 22.3 Å². The summed E-state index contributed by atoms with van der Waals surface area (Å²) in [7, 11) is 0. The quantitative estimate of drug-likeness (QED) is 0.186. The van der Waals surface area contributed by atoms with Gasteiger partial charge in [0, 0.05) is 64.5 Å². The first-order chi connectivity index (χ1) is 25.2. The second-order valence-corrected chi connectivity index (χ2v) is 13.8. The predicted octanol–water partition coefficient (Wildman–Crippen LogP) is 12.7. The topological polar surface area (TPSA) is 65.0 Å². The van der Waals surface area contributed by atoms with Gasteiger partial charge in [-0.05, 0) is 41.5 Å². The smallest absolute Gasteiger partial charge is 0.165 e. The molecule has 7 aromatic carbocycles. The number of aromatic nitrogens is 3. The molecule has 5 nitrogen and oxygen atoms in total. The number of hydrogen-bond acceptors (Lipinski definition) is 6. The molecule has 0 saturated heterocycles. The SMILES string of the molecule is c1ccc(-c2nc(-c3ccc(-c4cccc5oc6cc7oc8ccccc8c7cc6c45)cc3)nc(-c3cccc4c3sc3ccccc34)n2)cc1. The van der Waals surface area contributed by atoms with Crippen LogP contribution in [0.5, 0.6) is 0 Å². The minimum atomic E-state index is 0.629. The van der Waals surface area contributed by atoms with Gasteiger partial charge in [-0.3, -0.25) is 0 Å². The molecule has 0 radical (unpaired) electrons. The molecule has 11 aromatic rings. The van der Waals surface area contributed by atoms with Crippen molar-refractivity contribution in [1.29, 1.82) is 0 Å². The van der Waals surface area contributed by atoms with Crippen molar-refractivity contribution in [3.8, 4) is 45.3 Å². The van der Waals surface area contributed by atoms with Gasteiger partial charge in [-0.1, -0.05) is 115 Å².